The molecule has 21 heavy (non-hydrogen) atoms. The molecule has 1 atom stereocenters. The van der Waals surface area contributed by atoms with E-state index < -0.39 is 0 Å². The lowest BCUT2D eigenvalue weighted by atomic mass is 10.1. The normalized spacial score (nSPS) is 20.8. The van der Waals surface area contributed by atoms with Crippen molar-refractivity contribution in [1.82, 2.24) is 15.2 Å². The number of nitrogens with one attached hydrogen (secondary N) is 1. The molecule has 1 unspecified atom stereocenters. The van der Waals surface area contributed by atoms with E-state index in [1.54, 1.807) is 0 Å². The van der Waals surface area contributed by atoms with Crippen molar-refractivity contribution in [2.75, 3.05) is 31.6 Å². The van der Waals surface area contributed by atoms with Crippen molar-refractivity contribution in [2.24, 2.45) is 0 Å². The van der Waals surface area contributed by atoms with Gasteiger partial charge in [0.15, 0.2) is 5.13 Å². The summed E-state index contributed by atoms with van der Waals surface area (Å²) < 4.78 is 0. The van der Waals surface area contributed by atoms with E-state index in [0.717, 1.165) is 26.2 Å². The lowest BCUT2D eigenvalue weighted by Gasteiger charge is -2.38. The van der Waals surface area contributed by atoms with E-state index >= 15 is 0 Å². The van der Waals surface area contributed by atoms with Gasteiger partial charge in [0.25, 0.3) is 0 Å². The van der Waals surface area contributed by atoms with E-state index in [1.165, 1.54) is 15.7 Å². The Morgan fingerprint density at radius 2 is 2.00 bits per heavy atom. The Labute approximate surface area is 133 Å². The summed E-state index contributed by atoms with van der Waals surface area (Å²) in [7, 11) is 2.20. The van der Waals surface area contributed by atoms with Crippen LogP contribution in [-0.4, -0.2) is 48.6 Å². The molecule has 0 aliphatic carbocycles. The minimum atomic E-state index is 0.488. The predicted octanol–water partition coefficient (Wildman–Crippen LogP) is 2.90. The molecule has 4 nitrogen and oxygen atoms in total. The number of nitrogens with zero attached hydrogens (tertiary/aromatic N) is 3. The van der Waals surface area contributed by atoms with Gasteiger partial charge >= 0.3 is 0 Å². The molecule has 0 bridgehead atoms. The fourth-order valence-electron chi connectivity index (χ4n) is 2.77. The van der Waals surface area contributed by atoms with Crippen LogP contribution in [0.4, 0.5) is 5.13 Å². The topological polar surface area (TPSA) is 31.4 Å². The number of aromatic nitrogens is 1. The van der Waals surface area contributed by atoms with Crippen LogP contribution in [0.3, 0.4) is 0 Å². The molecule has 2 heterocycles. The molecule has 120 valence electrons. The van der Waals surface area contributed by atoms with Crippen molar-refractivity contribution in [3.63, 3.8) is 0 Å². The number of piperazine rings is 1. The maximum absolute atomic E-state index is 4.97. The molecule has 1 aromatic rings. The van der Waals surface area contributed by atoms with Crippen LogP contribution in [0.25, 0.3) is 0 Å². The highest BCUT2D eigenvalue weighted by Crippen LogP contribution is 2.32. The molecule has 2 rings (SSSR count). The molecule has 0 radical (unpaired) electrons. The minimum absolute atomic E-state index is 0.488. The Kier molecular flexibility index (Phi) is 5.63. The fraction of sp³-hybridized carbons (Fsp3) is 0.812. The van der Waals surface area contributed by atoms with E-state index in [0.29, 0.717) is 18.0 Å². The Hall–Kier alpha value is -0.650. The highest BCUT2D eigenvalue weighted by Gasteiger charge is 2.25. The summed E-state index contributed by atoms with van der Waals surface area (Å²) in [4.78, 5) is 11.3. The number of hydrogen-bond donors (Lipinski definition) is 1. The molecule has 1 N–H and O–H groups in total. The highest BCUT2D eigenvalue weighted by atomic mass is 32.1. The molecule has 1 saturated heterocycles. The van der Waals surface area contributed by atoms with E-state index in [-0.39, 0.29) is 0 Å². The second kappa shape index (κ2) is 7.07. The maximum atomic E-state index is 4.97. The van der Waals surface area contributed by atoms with Crippen molar-refractivity contribution in [1.29, 1.82) is 0 Å². The van der Waals surface area contributed by atoms with E-state index in [2.05, 4.69) is 56.8 Å². The summed E-state index contributed by atoms with van der Waals surface area (Å²) in [6.07, 6.45) is 0. The third kappa shape index (κ3) is 4.18. The van der Waals surface area contributed by atoms with E-state index in [1.807, 2.05) is 11.3 Å². The van der Waals surface area contributed by atoms with Gasteiger partial charge in [-0.2, -0.15) is 0 Å². The van der Waals surface area contributed by atoms with Gasteiger partial charge in [0.1, 0.15) is 0 Å². The molecule has 0 spiro atoms. The van der Waals surface area contributed by atoms with Gasteiger partial charge in [-0.05, 0) is 19.9 Å². The highest BCUT2D eigenvalue weighted by molar-refractivity contribution is 7.15. The second-order valence-corrected chi connectivity index (χ2v) is 7.86. The van der Waals surface area contributed by atoms with Gasteiger partial charge in [0, 0.05) is 43.1 Å². The van der Waals surface area contributed by atoms with Crippen molar-refractivity contribution in [2.45, 2.75) is 59.2 Å². The zero-order valence-electron chi connectivity index (χ0n) is 14.3. The lowest BCUT2D eigenvalue weighted by molar-refractivity contribution is 0.275. The van der Waals surface area contributed by atoms with Crippen molar-refractivity contribution in [3.8, 4) is 0 Å². The monoisotopic (exact) mass is 310 g/mol. The summed E-state index contributed by atoms with van der Waals surface area (Å²) in [5.74, 6) is 0.488. The quantitative estimate of drug-likeness (QED) is 0.906. The number of anilines is 1. The van der Waals surface area contributed by atoms with Gasteiger partial charge in [-0.1, -0.05) is 27.7 Å². The standard InChI is InChI=1S/C16H30N4S/c1-11(2)15-14(9-17-12(3)4)21-16(18-15)20-8-7-19(6)10-13(20)5/h11-13,17H,7-10H2,1-6H3. The van der Waals surface area contributed by atoms with Gasteiger partial charge in [-0.3, -0.25) is 0 Å². The average molecular weight is 311 g/mol. The zero-order chi connectivity index (χ0) is 15.6. The van der Waals surface area contributed by atoms with Gasteiger partial charge in [-0.25, -0.2) is 4.98 Å². The minimum Gasteiger partial charge on any atom is -0.343 e. The van der Waals surface area contributed by atoms with Gasteiger partial charge in [-0.15, -0.1) is 11.3 Å². The van der Waals surface area contributed by atoms with Crippen LogP contribution in [-0.2, 0) is 6.54 Å². The Bertz CT molecular complexity index is 455. The first-order chi connectivity index (χ1) is 9.88. The van der Waals surface area contributed by atoms with Crippen LogP contribution < -0.4 is 10.2 Å². The van der Waals surface area contributed by atoms with Crippen molar-refractivity contribution < 1.29 is 0 Å². The second-order valence-electron chi connectivity index (χ2n) is 6.80. The summed E-state index contributed by atoms with van der Waals surface area (Å²) in [6, 6.07) is 1.05. The van der Waals surface area contributed by atoms with Gasteiger partial charge in [0.05, 0.1) is 5.69 Å². The Balaban J connectivity index is 2.18. The van der Waals surface area contributed by atoms with Crippen LogP contribution in [0.5, 0.6) is 0 Å². The summed E-state index contributed by atoms with van der Waals surface area (Å²) in [5.41, 5.74) is 1.27. The van der Waals surface area contributed by atoms with Crippen molar-refractivity contribution in [3.05, 3.63) is 10.6 Å². The Morgan fingerprint density at radius 3 is 2.57 bits per heavy atom. The summed E-state index contributed by atoms with van der Waals surface area (Å²) in [6.45, 7) is 15.4. The molecule has 0 aromatic carbocycles. The first kappa shape index (κ1) is 16.7. The molecular weight excluding hydrogens is 280 g/mol. The molecule has 1 aliphatic rings. The van der Waals surface area contributed by atoms with E-state index in [9.17, 15) is 0 Å². The Morgan fingerprint density at radius 1 is 1.29 bits per heavy atom. The molecule has 1 aromatic heterocycles. The average Bonchev–Trinajstić information content (AvgIpc) is 2.80. The SMILES string of the molecule is CC(C)NCc1sc(N2CCN(C)CC2C)nc1C(C)C. The number of likely N-dealkylation sites (N-methyl/N-ethyl adjacent to an activating group) is 1. The first-order valence-corrected chi connectivity index (χ1v) is 8.88. The fourth-order valence-corrected chi connectivity index (χ4v) is 4.07. The first-order valence-electron chi connectivity index (χ1n) is 8.06. The lowest BCUT2D eigenvalue weighted by Crippen LogP contribution is -2.50. The number of rotatable bonds is 5. The molecule has 1 fully saturated rings. The third-order valence-electron chi connectivity index (χ3n) is 4.01. The van der Waals surface area contributed by atoms with E-state index in [4.69, 9.17) is 4.98 Å². The van der Waals surface area contributed by atoms with Crippen LogP contribution >= 0.6 is 11.3 Å². The molecular formula is C16H30N4S. The van der Waals surface area contributed by atoms with Crippen LogP contribution in [0.2, 0.25) is 0 Å². The summed E-state index contributed by atoms with van der Waals surface area (Å²) in [5, 5.41) is 4.74. The molecule has 1 aliphatic heterocycles. The van der Waals surface area contributed by atoms with Gasteiger partial charge in [0.2, 0.25) is 0 Å². The van der Waals surface area contributed by atoms with Crippen molar-refractivity contribution >= 4 is 16.5 Å². The molecule has 0 amide bonds. The molecule has 5 heteroatoms. The van der Waals surface area contributed by atoms with Crippen LogP contribution in [0, 0.1) is 0 Å². The smallest absolute Gasteiger partial charge is 0.186 e. The van der Waals surface area contributed by atoms with Gasteiger partial charge < -0.3 is 15.1 Å². The number of hydrogen-bond acceptors (Lipinski definition) is 5. The predicted molar refractivity (Wildman–Crippen MR) is 92.5 cm³/mol. The zero-order valence-corrected chi connectivity index (χ0v) is 15.1. The third-order valence-corrected chi connectivity index (χ3v) is 5.12. The van der Waals surface area contributed by atoms with Crippen LogP contribution in [0.15, 0.2) is 0 Å². The summed E-state index contributed by atoms with van der Waals surface area (Å²) >= 11 is 1.88. The largest absolute Gasteiger partial charge is 0.343 e. The van der Waals surface area contributed by atoms with Crippen LogP contribution in [0.1, 0.15) is 51.1 Å². The maximum Gasteiger partial charge on any atom is 0.186 e. The molecule has 0 saturated carbocycles. The number of thiazole rings is 1.